The fourth-order valence-corrected chi connectivity index (χ4v) is 5.43. The quantitative estimate of drug-likeness (QED) is 0.482. The molecule has 1 atom stereocenters. The molecule has 0 spiro atoms. The Morgan fingerprint density at radius 2 is 2.07 bits per heavy atom. The Hall–Kier alpha value is -1.83. The Morgan fingerprint density at radius 1 is 1.28 bits per heavy atom. The lowest BCUT2D eigenvalue weighted by Gasteiger charge is -2.18. The van der Waals surface area contributed by atoms with Crippen LogP contribution < -0.4 is 5.32 Å². The van der Waals surface area contributed by atoms with Crippen LogP contribution >= 0.6 is 34.7 Å². The van der Waals surface area contributed by atoms with Crippen LogP contribution in [0.1, 0.15) is 43.5 Å². The van der Waals surface area contributed by atoms with Crippen LogP contribution in [0.15, 0.2) is 46.9 Å². The van der Waals surface area contributed by atoms with E-state index in [4.69, 9.17) is 11.6 Å². The van der Waals surface area contributed by atoms with Crippen molar-refractivity contribution in [2.24, 2.45) is 0 Å². The van der Waals surface area contributed by atoms with E-state index in [9.17, 15) is 4.79 Å². The standard InChI is InChI=1S/C21H23ClN4OS2/c1-14(20(27)23-13-16-9-6-12-28-16)29-21-25-24-19(17-10-4-5-11-18(17)22)26(21)15-7-2-3-8-15/h4-6,9-12,14-15H,2-3,7-8,13H2,1H3,(H,23,27)/t14-/m0/s1. The minimum Gasteiger partial charge on any atom is -0.350 e. The van der Waals surface area contributed by atoms with Crippen LogP contribution in [0.4, 0.5) is 0 Å². The molecule has 2 heterocycles. The number of hydrogen-bond acceptors (Lipinski definition) is 5. The van der Waals surface area contributed by atoms with Crippen molar-refractivity contribution in [3.63, 3.8) is 0 Å². The number of halogens is 1. The van der Waals surface area contributed by atoms with E-state index in [1.165, 1.54) is 24.6 Å². The largest absolute Gasteiger partial charge is 0.350 e. The zero-order chi connectivity index (χ0) is 20.2. The molecule has 29 heavy (non-hydrogen) atoms. The van der Waals surface area contributed by atoms with Gasteiger partial charge in [-0.3, -0.25) is 9.36 Å². The second kappa shape index (κ2) is 9.32. The lowest BCUT2D eigenvalue weighted by Crippen LogP contribution is -2.30. The summed E-state index contributed by atoms with van der Waals surface area (Å²) in [5, 5.41) is 15.1. The fourth-order valence-electron chi connectivity index (χ4n) is 3.62. The Balaban J connectivity index is 1.55. The van der Waals surface area contributed by atoms with Crippen LogP contribution in [0.25, 0.3) is 11.4 Å². The number of benzene rings is 1. The lowest BCUT2D eigenvalue weighted by molar-refractivity contribution is -0.120. The summed E-state index contributed by atoms with van der Waals surface area (Å²) in [5.74, 6) is 0.792. The molecule has 1 saturated carbocycles. The van der Waals surface area contributed by atoms with Crippen LogP contribution in [0.2, 0.25) is 5.02 Å². The highest BCUT2D eigenvalue weighted by molar-refractivity contribution is 8.00. The monoisotopic (exact) mass is 446 g/mol. The van der Waals surface area contributed by atoms with Crippen molar-refractivity contribution in [3.05, 3.63) is 51.7 Å². The van der Waals surface area contributed by atoms with Gasteiger partial charge < -0.3 is 5.32 Å². The van der Waals surface area contributed by atoms with Gasteiger partial charge in [0.15, 0.2) is 11.0 Å². The molecule has 152 valence electrons. The molecule has 1 amide bonds. The van der Waals surface area contributed by atoms with Gasteiger partial charge in [-0.15, -0.1) is 21.5 Å². The third-order valence-corrected chi connectivity index (χ3v) is 7.40. The molecular formula is C21H23ClN4OS2. The number of nitrogens with zero attached hydrogens (tertiary/aromatic N) is 3. The van der Waals surface area contributed by atoms with Crippen LogP contribution in [0, 0.1) is 0 Å². The van der Waals surface area contributed by atoms with Gasteiger partial charge in [-0.2, -0.15) is 0 Å². The minimum absolute atomic E-state index is 0.00339. The Bertz CT molecular complexity index is 967. The molecule has 2 aromatic heterocycles. The first kappa shape index (κ1) is 20.4. The number of carbonyl (C=O) groups is 1. The number of hydrogen-bond donors (Lipinski definition) is 1. The molecule has 3 aromatic rings. The molecule has 8 heteroatoms. The second-order valence-corrected chi connectivity index (χ2v) is 9.90. The van der Waals surface area contributed by atoms with E-state index >= 15 is 0 Å². The molecule has 0 unspecified atom stereocenters. The van der Waals surface area contributed by atoms with Crippen LogP contribution in [-0.2, 0) is 11.3 Å². The smallest absolute Gasteiger partial charge is 0.233 e. The summed E-state index contributed by atoms with van der Waals surface area (Å²) in [4.78, 5) is 13.7. The van der Waals surface area contributed by atoms with E-state index < -0.39 is 0 Å². The summed E-state index contributed by atoms with van der Waals surface area (Å²) in [6, 6.07) is 12.1. The van der Waals surface area contributed by atoms with Crippen molar-refractivity contribution in [2.75, 3.05) is 0 Å². The van der Waals surface area contributed by atoms with Gasteiger partial charge in [0.1, 0.15) is 0 Å². The number of rotatable bonds is 7. The molecule has 0 saturated heterocycles. The third-order valence-electron chi connectivity index (χ3n) is 5.14. The van der Waals surface area contributed by atoms with Gasteiger partial charge in [0.05, 0.1) is 16.8 Å². The van der Waals surface area contributed by atoms with Crippen molar-refractivity contribution in [1.29, 1.82) is 0 Å². The topological polar surface area (TPSA) is 59.8 Å². The Morgan fingerprint density at radius 3 is 2.79 bits per heavy atom. The minimum atomic E-state index is -0.265. The highest BCUT2D eigenvalue weighted by atomic mass is 35.5. The first-order valence-electron chi connectivity index (χ1n) is 9.80. The normalized spacial score (nSPS) is 15.5. The highest BCUT2D eigenvalue weighted by Gasteiger charge is 2.27. The lowest BCUT2D eigenvalue weighted by atomic mass is 10.2. The van der Waals surface area contributed by atoms with Crippen LogP contribution in [0.5, 0.6) is 0 Å². The average Bonchev–Trinajstić information content (AvgIpc) is 3.48. The molecule has 0 bridgehead atoms. The molecular weight excluding hydrogens is 424 g/mol. The number of carbonyl (C=O) groups excluding carboxylic acids is 1. The molecule has 5 nitrogen and oxygen atoms in total. The van der Waals surface area contributed by atoms with Gasteiger partial charge in [0, 0.05) is 16.5 Å². The van der Waals surface area contributed by atoms with E-state index in [0.29, 0.717) is 17.6 Å². The molecule has 0 radical (unpaired) electrons. The maximum Gasteiger partial charge on any atom is 0.233 e. The molecule has 1 aliphatic rings. The maximum atomic E-state index is 12.6. The Kier molecular flexibility index (Phi) is 6.57. The zero-order valence-electron chi connectivity index (χ0n) is 16.2. The number of thiophene rings is 1. The molecule has 0 aliphatic heterocycles. The second-order valence-electron chi connectivity index (χ2n) is 7.15. The van der Waals surface area contributed by atoms with Crippen molar-refractivity contribution in [2.45, 2.75) is 55.6 Å². The van der Waals surface area contributed by atoms with Gasteiger partial charge in [-0.05, 0) is 43.3 Å². The number of aromatic nitrogens is 3. The van der Waals surface area contributed by atoms with E-state index in [0.717, 1.165) is 34.3 Å². The van der Waals surface area contributed by atoms with Gasteiger partial charge in [0.25, 0.3) is 0 Å². The summed E-state index contributed by atoms with van der Waals surface area (Å²) in [6.45, 7) is 2.47. The predicted molar refractivity (Wildman–Crippen MR) is 119 cm³/mol. The molecule has 1 aromatic carbocycles. The zero-order valence-corrected chi connectivity index (χ0v) is 18.6. The number of thioether (sulfide) groups is 1. The van der Waals surface area contributed by atoms with E-state index in [2.05, 4.69) is 20.1 Å². The van der Waals surface area contributed by atoms with Gasteiger partial charge in [0.2, 0.25) is 5.91 Å². The van der Waals surface area contributed by atoms with E-state index in [1.54, 1.807) is 11.3 Å². The summed E-state index contributed by atoms with van der Waals surface area (Å²) >= 11 is 9.54. The van der Waals surface area contributed by atoms with Gasteiger partial charge >= 0.3 is 0 Å². The molecule has 1 fully saturated rings. The summed E-state index contributed by atoms with van der Waals surface area (Å²) < 4.78 is 2.20. The molecule has 4 rings (SSSR count). The molecule has 1 N–H and O–H groups in total. The van der Waals surface area contributed by atoms with Crippen molar-refractivity contribution < 1.29 is 4.79 Å². The first-order chi connectivity index (χ1) is 14.1. The summed E-state index contributed by atoms with van der Waals surface area (Å²) in [5.41, 5.74) is 0.884. The molecule has 1 aliphatic carbocycles. The average molecular weight is 447 g/mol. The summed E-state index contributed by atoms with van der Waals surface area (Å²) in [7, 11) is 0. The van der Waals surface area contributed by atoms with Gasteiger partial charge in [-0.1, -0.05) is 54.4 Å². The van der Waals surface area contributed by atoms with Crippen molar-refractivity contribution in [1.82, 2.24) is 20.1 Å². The third kappa shape index (κ3) is 4.68. The van der Waals surface area contributed by atoms with E-state index in [-0.39, 0.29) is 11.2 Å². The maximum absolute atomic E-state index is 12.6. The number of amides is 1. The Labute approximate surface area is 183 Å². The van der Waals surface area contributed by atoms with Gasteiger partial charge in [-0.25, -0.2) is 0 Å². The predicted octanol–water partition coefficient (Wildman–Crippen LogP) is 5.57. The van der Waals surface area contributed by atoms with Crippen LogP contribution in [0.3, 0.4) is 0 Å². The van der Waals surface area contributed by atoms with Crippen molar-refractivity contribution in [3.8, 4) is 11.4 Å². The first-order valence-corrected chi connectivity index (χ1v) is 11.9. The van der Waals surface area contributed by atoms with Crippen molar-refractivity contribution >= 4 is 40.6 Å². The van der Waals surface area contributed by atoms with E-state index in [1.807, 2.05) is 48.7 Å². The summed E-state index contributed by atoms with van der Waals surface area (Å²) in [6.07, 6.45) is 4.60. The number of nitrogens with one attached hydrogen (secondary N) is 1. The highest BCUT2D eigenvalue weighted by Crippen LogP contribution is 2.38. The SMILES string of the molecule is C[C@H](Sc1nnc(-c2ccccc2Cl)n1C1CCCC1)C(=O)NCc1cccs1. The fraction of sp³-hybridized carbons (Fsp3) is 0.381. The van der Waals surface area contributed by atoms with Crippen LogP contribution in [-0.4, -0.2) is 25.9 Å².